The standard InChI is InChI=1S/C15H17ClN4O.ClH/c1-9-6-10(4-5-12(9)16)19(2)15(21)14-11-7-18-20(3)13(11)8-17-14;/h4-7,14,17H,8H2,1-3H3;1H/t14-;/m0./s1. The van der Waals surface area contributed by atoms with E-state index in [1.165, 1.54) is 0 Å². The molecule has 2 heterocycles. The number of benzene rings is 1. The van der Waals surface area contributed by atoms with Gasteiger partial charge in [-0.3, -0.25) is 14.8 Å². The topological polar surface area (TPSA) is 50.2 Å². The first-order valence-electron chi connectivity index (χ1n) is 6.77. The van der Waals surface area contributed by atoms with Crippen molar-refractivity contribution in [1.82, 2.24) is 15.1 Å². The fourth-order valence-electron chi connectivity index (χ4n) is 2.62. The van der Waals surface area contributed by atoms with Gasteiger partial charge in [-0.25, -0.2) is 0 Å². The van der Waals surface area contributed by atoms with E-state index in [-0.39, 0.29) is 24.4 Å². The number of amides is 1. The number of nitrogens with one attached hydrogen (secondary N) is 1. The fraction of sp³-hybridized carbons (Fsp3) is 0.333. The van der Waals surface area contributed by atoms with Crippen LogP contribution in [0, 0.1) is 6.92 Å². The van der Waals surface area contributed by atoms with Crippen LogP contribution in [0.25, 0.3) is 0 Å². The molecule has 118 valence electrons. The number of hydrogen-bond donors (Lipinski definition) is 1. The van der Waals surface area contributed by atoms with E-state index in [4.69, 9.17) is 11.6 Å². The Morgan fingerprint density at radius 1 is 1.50 bits per heavy atom. The van der Waals surface area contributed by atoms with Crippen molar-refractivity contribution in [2.24, 2.45) is 7.05 Å². The zero-order valence-corrected chi connectivity index (χ0v) is 14.2. The van der Waals surface area contributed by atoms with Crippen molar-refractivity contribution in [3.8, 4) is 0 Å². The summed E-state index contributed by atoms with van der Waals surface area (Å²) in [6, 6.07) is 5.24. The van der Waals surface area contributed by atoms with Crippen LogP contribution >= 0.6 is 24.0 Å². The van der Waals surface area contributed by atoms with Gasteiger partial charge in [-0.05, 0) is 30.7 Å². The van der Waals surface area contributed by atoms with Gasteiger partial charge in [0.25, 0.3) is 0 Å². The number of likely N-dealkylation sites (N-methyl/N-ethyl adjacent to an activating group) is 1. The number of aryl methyl sites for hydroxylation is 2. The van der Waals surface area contributed by atoms with Gasteiger partial charge >= 0.3 is 0 Å². The van der Waals surface area contributed by atoms with E-state index in [0.717, 1.165) is 22.5 Å². The Morgan fingerprint density at radius 2 is 2.23 bits per heavy atom. The molecule has 7 heteroatoms. The molecule has 1 aliphatic heterocycles. The Balaban J connectivity index is 0.00000176. The number of aromatic nitrogens is 2. The summed E-state index contributed by atoms with van der Waals surface area (Å²) in [7, 11) is 3.67. The summed E-state index contributed by atoms with van der Waals surface area (Å²) in [6.07, 6.45) is 1.76. The Kier molecular flexibility index (Phi) is 4.80. The molecule has 0 radical (unpaired) electrons. The van der Waals surface area contributed by atoms with E-state index in [2.05, 4.69) is 10.4 Å². The number of nitrogens with zero attached hydrogens (tertiary/aromatic N) is 3. The van der Waals surface area contributed by atoms with Crippen LogP contribution < -0.4 is 10.2 Å². The second-order valence-electron chi connectivity index (χ2n) is 5.31. The van der Waals surface area contributed by atoms with Crippen molar-refractivity contribution in [3.63, 3.8) is 0 Å². The molecule has 0 saturated carbocycles. The van der Waals surface area contributed by atoms with Crippen LogP contribution in [0.3, 0.4) is 0 Å². The molecule has 0 unspecified atom stereocenters. The maximum Gasteiger partial charge on any atom is 0.248 e. The van der Waals surface area contributed by atoms with Gasteiger partial charge in [0.2, 0.25) is 5.91 Å². The van der Waals surface area contributed by atoms with Crippen molar-refractivity contribution in [3.05, 3.63) is 46.2 Å². The summed E-state index contributed by atoms with van der Waals surface area (Å²) in [4.78, 5) is 14.4. The lowest BCUT2D eigenvalue weighted by atomic mass is 10.1. The smallest absolute Gasteiger partial charge is 0.248 e. The monoisotopic (exact) mass is 340 g/mol. The summed E-state index contributed by atoms with van der Waals surface area (Å²) in [5.74, 6) is 0.00322. The number of anilines is 1. The minimum atomic E-state index is -0.338. The number of fused-ring (bicyclic) bond motifs is 1. The number of carbonyl (C=O) groups excluding carboxylic acids is 1. The lowest BCUT2D eigenvalue weighted by molar-refractivity contribution is -0.120. The molecule has 0 fully saturated rings. The Bertz CT molecular complexity index is 714. The number of halogens is 2. The maximum atomic E-state index is 12.7. The molecule has 0 saturated heterocycles. The third-order valence-corrected chi connectivity index (χ3v) is 4.41. The molecule has 22 heavy (non-hydrogen) atoms. The van der Waals surface area contributed by atoms with Gasteiger partial charge in [-0.15, -0.1) is 12.4 Å². The molecular formula is C15H18Cl2N4O. The first-order valence-corrected chi connectivity index (χ1v) is 7.14. The first-order chi connectivity index (χ1) is 9.99. The molecule has 5 nitrogen and oxygen atoms in total. The first kappa shape index (κ1) is 16.8. The average molecular weight is 341 g/mol. The van der Waals surface area contributed by atoms with E-state index in [9.17, 15) is 4.79 Å². The van der Waals surface area contributed by atoms with Gasteiger partial charge in [0.1, 0.15) is 6.04 Å². The fourth-order valence-corrected chi connectivity index (χ4v) is 2.74. The second-order valence-corrected chi connectivity index (χ2v) is 5.72. The Hall–Kier alpha value is -1.56. The molecule has 0 aliphatic carbocycles. The van der Waals surface area contributed by atoms with Crippen molar-refractivity contribution >= 4 is 35.6 Å². The predicted molar refractivity (Wildman–Crippen MR) is 89.6 cm³/mol. The van der Waals surface area contributed by atoms with Crippen molar-refractivity contribution in [1.29, 1.82) is 0 Å². The lowest BCUT2D eigenvalue weighted by Crippen LogP contribution is -2.35. The van der Waals surface area contributed by atoms with Crippen LogP contribution in [-0.2, 0) is 18.4 Å². The van der Waals surface area contributed by atoms with Gasteiger partial charge in [0.15, 0.2) is 0 Å². The minimum absolute atomic E-state index is 0. The Labute approximate surface area is 140 Å². The van der Waals surface area contributed by atoms with Crippen molar-refractivity contribution in [2.45, 2.75) is 19.5 Å². The molecular weight excluding hydrogens is 323 g/mol. The second kappa shape index (κ2) is 6.28. The van der Waals surface area contributed by atoms with Gasteiger partial charge in [0.05, 0.1) is 11.9 Å². The molecule has 0 spiro atoms. The summed E-state index contributed by atoms with van der Waals surface area (Å²) in [5.41, 5.74) is 3.81. The molecule has 1 aromatic carbocycles. The number of rotatable bonds is 2. The van der Waals surface area contributed by atoms with Crippen LogP contribution in [0.2, 0.25) is 5.02 Å². The van der Waals surface area contributed by atoms with E-state index < -0.39 is 0 Å². The molecule has 1 N–H and O–H groups in total. The quantitative estimate of drug-likeness (QED) is 0.914. The summed E-state index contributed by atoms with van der Waals surface area (Å²) < 4.78 is 1.81. The van der Waals surface area contributed by atoms with Crippen molar-refractivity contribution in [2.75, 3.05) is 11.9 Å². The molecule has 3 rings (SSSR count). The van der Waals surface area contributed by atoms with E-state index >= 15 is 0 Å². The summed E-state index contributed by atoms with van der Waals surface area (Å²) >= 11 is 6.03. The largest absolute Gasteiger partial charge is 0.314 e. The van der Waals surface area contributed by atoms with Gasteiger partial charge < -0.3 is 4.90 Å². The molecule has 1 aromatic heterocycles. The lowest BCUT2D eigenvalue weighted by Gasteiger charge is -2.22. The van der Waals surface area contributed by atoms with E-state index in [1.54, 1.807) is 18.1 Å². The molecule has 1 atom stereocenters. The van der Waals surface area contributed by atoms with Gasteiger partial charge in [-0.1, -0.05) is 11.6 Å². The van der Waals surface area contributed by atoms with Crippen LogP contribution in [0.4, 0.5) is 5.69 Å². The van der Waals surface area contributed by atoms with Gasteiger partial charge in [0, 0.05) is 36.9 Å². The normalized spacial score (nSPS) is 16.1. The highest BCUT2D eigenvalue weighted by Crippen LogP contribution is 2.28. The zero-order valence-electron chi connectivity index (χ0n) is 12.6. The van der Waals surface area contributed by atoms with E-state index in [1.807, 2.05) is 36.9 Å². The van der Waals surface area contributed by atoms with Crippen molar-refractivity contribution < 1.29 is 4.79 Å². The zero-order chi connectivity index (χ0) is 15.1. The Morgan fingerprint density at radius 3 is 2.91 bits per heavy atom. The number of hydrogen-bond acceptors (Lipinski definition) is 3. The highest BCUT2D eigenvalue weighted by atomic mass is 35.5. The highest BCUT2D eigenvalue weighted by Gasteiger charge is 2.33. The summed E-state index contributed by atoms with van der Waals surface area (Å²) in [6.45, 7) is 2.59. The maximum absolute atomic E-state index is 12.7. The minimum Gasteiger partial charge on any atom is -0.314 e. The molecule has 1 amide bonds. The van der Waals surface area contributed by atoms with Crippen LogP contribution in [-0.4, -0.2) is 22.7 Å². The molecule has 0 bridgehead atoms. The van der Waals surface area contributed by atoms with Crippen LogP contribution in [0.5, 0.6) is 0 Å². The number of carbonyl (C=O) groups is 1. The third-order valence-electron chi connectivity index (χ3n) is 3.98. The molecule has 2 aromatic rings. The van der Waals surface area contributed by atoms with E-state index in [0.29, 0.717) is 11.6 Å². The summed E-state index contributed by atoms with van der Waals surface area (Å²) in [5, 5.41) is 8.16. The van der Waals surface area contributed by atoms with Crippen LogP contribution in [0.15, 0.2) is 24.4 Å². The SMILES string of the molecule is Cc1cc(N(C)C(=O)[C@H]2NCc3c2cnn3C)ccc1Cl.Cl. The third kappa shape index (κ3) is 2.72. The highest BCUT2D eigenvalue weighted by molar-refractivity contribution is 6.31. The molecule has 1 aliphatic rings. The predicted octanol–water partition coefficient (Wildman–Crippen LogP) is 2.61. The van der Waals surface area contributed by atoms with Gasteiger partial charge in [-0.2, -0.15) is 5.10 Å². The average Bonchev–Trinajstić information content (AvgIpc) is 3.04. The van der Waals surface area contributed by atoms with Crippen LogP contribution in [0.1, 0.15) is 22.9 Å².